The van der Waals surface area contributed by atoms with Gasteiger partial charge in [0.2, 0.25) is 0 Å². The van der Waals surface area contributed by atoms with Gasteiger partial charge in [0.05, 0.1) is 25.8 Å². The number of methoxy groups -OCH3 is 2. The Morgan fingerprint density at radius 2 is 1.55 bits per heavy atom. The number of halogens is 1. The molecule has 0 aliphatic carbocycles. The summed E-state index contributed by atoms with van der Waals surface area (Å²) in [5, 5.41) is 11.4. The Balaban J connectivity index is 1.80. The largest absolute Gasteiger partial charge is 0.507 e. The maximum absolute atomic E-state index is 13.4. The van der Waals surface area contributed by atoms with Crippen LogP contribution in [0.15, 0.2) is 72.3 Å². The quantitative estimate of drug-likeness (QED) is 0.243. The Bertz CT molecular complexity index is 1370. The standard InChI is InChI=1S/C31H32FNO5/c1-31(2,3)22-11-8-20(9-12-22)27-26(28(34)21-10-15-24(37-4)25(18-21)38-5)29(35)30(36)33(27)17-16-19-6-13-23(32)14-7-19/h6-15,18,27,34H,16-17H2,1-5H3/b28-26-. The Morgan fingerprint density at radius 1 is 0.921 bits per heavy atom. The average molecular weight is 518 g/mol. The molecule has 0 saturated carbocycles. The second kappa shape index (κ2) is 10.7. The number of ether oxygens (including phenoxy) is 2. The molecule has 1 unspecified atom stereocenters. The molecule has 1 saturated heterocycles. The summed E-state index contributed by atoms with van der Waals surface area (Å²) in [7, 11) is 2.98. The molecule has 1 N–H and O–H groups in total. The van der Waals surface area contributed by atoms with E-state index in [-0.39, 0.29) is 29.1 Å². The van der Waals surface area contributed by atoms with Gasteiger partial charge in [0.1, 0.15) is 11.6 Å². The fourth-order valence-corrected chi connectivity index (χ4v) is 4.66. The van der Waals surface area contributed by atoms with Crippen molar-refractivity contribution >= 4 is 17.4 Å². The molecular weight excluding hydrogens is 485 g/mol. The third-order valence-electron chi connectivity index (χ3n) is 6.84. The van der Waals surface area contributed by atoms with Crippen LogP contribution in [0.25, 0.3) is 5.76 Å². The summed E-state index contributed by atoms with van der Waals surface area (Å²) in [4.78, 5) is 28.1. The second-order valence-electron chi connectivity index (χ2n) is 10.3. The number of aliphatic hydroxyl groups excluding tert-OH is 1. The van der Waals surface area contributed by atoms with Crippen LogP contribution in [0.5, 0.6) is 11.5 Å². The van der Waals surface area contributed by atoms with Crippen molar-refractivity contribution in [3.05, 3.63) is 100 Å². The lowest BCUT2D eigenvalue weighted by atomic mass is 9.85. The van der Waals surface area contributed by atoms with Crippen molar-refractivity contribution in [2.75, 3.05) is 20.8 Å². The minimum atomic E-state index is -0.794. The maximum atomic E-state index is 13.4. The normalized spacial score (nSPS) is 17.1. The summed E-state index contributed by atoms with van der Waals surface area (Å²) < 4.78 is 24.0. The molecule has 0 spiro atoms. The molecular formula is C31H32FNO5. The highest BCUT2D eigenvalue weighted by molar-refractivity contribution is 6.46. The minimum absolute atomic E-state index is 0.00448. The highest BCUT2D eigenvalue weighted by Gasteiger charge is 2.46. The van der Waals surface area contributed by atoms with Crippen molar-refractivity contribution < 1.29 is 28.6 Å². The van der Waals surface area contributed by atoms with Crippen LogP contribution in [0.1, 0.15) is 49.1 Å². The molecule has 6 nitrogen and oxygen atoms in total. The first-order chi connectivity index (χ1) is 18.0. The van der Waals surface area contributed by atoms with E-state index in [0.717, 1.165) is 11.1 Å². The van der Waals surface area contributed by atoms with E-state index in [9.17, 15) is 19.1 Å². The molecule has 0 radical (unpaired) electrons. The fraction of sp³-hybridized carbons (Fsp3) is 0.290. The van der Waals surface area contributed by atoms with Crippen molar-refractivity contribution in [1.29, 1.82) is 0 Å². The van der Waals surface area contributed by atoms with Crippen LogP contribution in [0, 0.1) is 5.82 Å². The number of nitrogens with zero attached hydrogens (tertiary/aromatic N) is 1. The van der Waals surface area contributed by atoms with Crippen molar-refractivity contribution in [1.82, 2.24) is 4.90 Å². The Morgan fingerprint density at radius 3 is 2.13 bits per heavy atom. The van der Waals surface area contributed by atoms with E-state index in [4.69, 9.17) is 9.47 Å². The lowest BCUT2D eigenvalue weighted by molar-refractivity contribution is -0.139. The fourth-order valence-electron chi connectivity index (χ4n) is 4.66. The highest BCUT2D eigenvalue weighted by atomic mass is 19.1. The highest BCUT2D eigenvalue weighted by Crippen LogP contribution is 2.41. The smallest absolute Gasteiger partial charge is 0.295 e. The van der Waals surface area contributed by atoms with Gasteiger partial charge >= 0.3 is 0 Å². The van der Waals surface area contributed by atoms with Crippen LogP contribution < -0.4 is 9.47 Å². The van der Waals surface area contributed by atoms with Crippen LogP contribution in [0.2, 0.25) is 0 Å². The molecule has 1 aliphatic heterocycles. The van der Waals surface area contributed by atoms with Gasteiger partial charge in [-0.05, 0) is 58.9 Å². The van der Waals surface area contributed by atoms with E-state index in [1.54, 1.807) is 30.3 Å². The van der Waals surface area contributed by atoms with Crippen LogP contribution in [-0.2, 0) is 21.4 Å². The zero-order chi connectivity index (χ0) is 27.6. The van der Waals surface area contributed by atoms with Gasteiger partial charge in [-0.3, -0.25) is 9.59 Å². The van der Waals surface area contributed by atoms with Crippen LogP contribution in [-0.4, -0.2) is 42.5 Å². The summed E-state index contributed by atoms with van der Waals surface area (Å²) in [6.07, 6.45) is 0.417. The van der Waals surface area contributed by atoms with E-state index in [0.29, 0.717) is 29.0 Å². The van der Waals surface area contributed by atoms with E-state index in [2.05, 4.69) is 20.8 Å². The Hall–Kier alpha value is -4.13. The molecule has 0 bridgehead atoms. The van der Waals surface area contributed by atoms with Crippen molar-refractivity contribution in [2.24, 2.45) is 0 Å². The summed E-state index contributed by atoms with van der Waals surface area (Å²) in [5.74, 6) is -1.24. The number of rotatable bonds is 7. The van der Waals surface area contributed by atoms with Gasteiger partial charge in [0, 0.05) is 12.1 Å². The molecule has 1 aliphatic rings. The van der Waals surface area contributed by atoms with Crippen LogP contribution in [0.4, 0.5) is 4.39 Å². The molecule has 1 amide bonds. The minimum Gasteiger partial charge on any atom is -0.507 e. The molecule has 1 heterocycles. The first-order valence-corrected chi connectivity index (χ1v) is 12.4. The van der Waals surface area contributed by atoms with Gasteiger partial charge in [-0.15, -0.1) is 0 Å². The zero-order valence-electron chi connectivity index (χ0n) is 22.2. The number of likely N-dealkylation sites (tertiary alicyclic amines) is 1. The number of aliphatic hydroxyl groups is 1. The molecule has 38 heavy (non-hydrogen) atoms. The monoisotopic (exact) mass is 517 g/mol. The predicted octanol–water partition coefficient (Wildman–Crippen LogP) is 5.80. The van der Waals surface area contributed by atoms with E-state index in [1.807, 2.05) is 24.3 Å². The number of ketones is 1. The number of benzene rings is 3. The zero-order valence-corrected chi connectivity index (χ0v) is 22.2. The SMILES string of the molecule is COc1ccc(/C(O)=C2/C(=O)C(=O)N(CCc3ccc(F)cc3)C2c2ccc(C(C)(C)C)cc2)cc1OC. The number of hydrogen-bond donors (Lipinski definition) is 1. The third-order valence-corrected chi connectivity index (χ3v) is 6.84. The van der Waals surface area contributed by atoms with Gasteiger partial charge in [-0.1, -0.05) is 57.2 Å². The maximum Gasteiger partial charge on any atom is 0.295 e. The van der Waals surface area contributed by atoms with Crippen LogP contribution >= 0.6 is 0 Å². The Labute approximate surface area is 222 Å². The number of amides is 1. The predicted molar refractivity (Wildman–Crippen MR) is 144 cm³/mol. The van der Waals surface area contributed by atoms with E-state index in [1.165, 1.54) is 31.3 Å². The molecule has 1 atom stereocenters. The lowest BCUT2D eigenvalue weighted by Gasteiger charge is -2.26. The molecule has 198 valence electrons. The Kier molecular flexibility index (Phi) is 7.58. The van der Waals surface area contributed by atoms with Gasteiger partial charge in [0.25, 0.3) is 11.7 Å². The molecule has 3 aromatic rings. The first kappa shape index (κ1) is 26.9. The van der Waals surface area contributed by atoms with Crippen molar-refractivity contribution in [3.8, 4) is 11.5 Å². The molecule has 0 aromatic heterocycles. The molecule has 1 fully saturated rings. The molecule has 4 rings (SSSR count). The lowest BCUT2D eigenvalue weighted by Crippen LogP contribution is -2.31. The second-order valence-corrected chi connectivity index (χ2v) is 10.3. The summed E-state index contributed by atoms with van der Waals surface area (Å²) in [5.41, 5.74) is 2.89. The van der Waals surface area contributed by atoms with Gasteiger partial charge in [0.15, 0.2) is 11.5 Å². The van der Waals surface area contributed by atoms with Gasteiger partial charge < -0.3 is 19.5 Å². The summed E-state index contributed by atoms with van der Waals surface area (Å²) in [6.45, 7) is 6.53. The van der Waals surface area contributed by atoms with Gasteiger partial charge in [-0.2, -0.15) is 0 Å². The van der Waals surface area contributed by atoms with Crippen LogP contribution in [0.3, 0.4) is 0 Å². The molecule has 7 heteroatoms. The summed E-state index contributed by atoms with van der Waals surface area (Å²) in [6, 6.07) is 17.8. The van der Waals surface area contributed by atoms with Crippen molar-refractivity contribution in [3.63, 3.8) is 0 Å². The van der Waals surface area contributed by atoms with Gasteiger partial charge in [-0.25, -0.2) is 4.39 Å². The molecule has 3 aromatic carbocycles. The number of carbonyl (C=O) groups excluding carboxylic acids is 2. The van der Waals surface area contributed by atoms with E-state index >= 15 is 0 Å². The van der Waals surface area contributed by atoms with E-state index < -0.39 is 17.7 Å². The first-order valence-electron chi connectivity index (χ1n) is 12.4. The number of hydrogen-bond acceptors (Lipinski definition) is 5. The summed E-state index contributed by atoms with van der Waals surface area (Å²) >= 11 is 0. The number of carbonyl (C=O) groups is 2. The topological polar surface area (TPSA) is 76.1 Å². The van der Waals surface area contributed by atoms with Crippen molar-refractivity contribution in [2.45, 2.75) is 38.6 Å². The number of Topliss-reactive ketones (excluding diaryl/α,β-unsaturated/α-hetero) is 1. The third kappa shape index (κ3) is 5.28. The average Bonchev–Trinajstić information content (AvgIpc) is 3.16.